The lowest BCUT2D eigenvalue weighted by atomic mass is 10.1. The van der Waals surface area contributed by atoms with Crippen LogP contribution in [0.5, 0.6) is 0 Å². The number of nitrogens with zero attached hydrogens (tertiary/aromatic N) is 5. The molecule has 10 heteroatoms. The van der Waals surface area contributed by atoms with Gasteiger partial charge in [-0.05, 0) is 30.9 Å². The van der Waals surface area contributed by atoms with E-state index in [9.17, 15) is 9.59 Å². The number of rotatable bonds is 5. The van der Waals surface area contributed by atoms with Crippen LogP contribution < -0.4 is 10.6 Å². The van der Waals surface area contributed by atoms with Crippen LogP contribution in [0.3, 0.4) is 0 Å². The van der Waals surface area contributed by atoms with Crippen LogP contribution in [0.2, 0.25) is 0 Å². The minimum absolute atomic E-state index is 0.0148. The second-order valence-corrected chi connectivity index (χ2v) is 8.81. The lowest BCUT2D eigenvalue weighted by Crippen LogP contribution is -2.27. The standard InChI is InChI=1S/C22H21N7O2S/c1-12(27-21(31)18-15-9-26-29(2)19(15)25-11-24-18)22-23-10-17(32-22)20(30)28-16-8-7-13-5-3-4-6-14(13)16/h3-6,9-12,16H,7-8H2,1-2H3,(H,27,31)(H,28,30). The number of aryl methyl sites for hydroxylation is 2. The topological polar surface area (TPSA) is 115 Å². The van der Waals surface area contributed by atoms with Crippen molar-refractivity contribution in [1.82, 2.24) is 35.4 Å². The molecule has 2 N–H and O–H groups in total. The molecule has 0 spiro atoms. The summed E-state index contributed by atoms with van der Waals surface area (Å²) in [6, 6.07) is 7.82. The molecular weight excluding hydrogens is 426 g/mol. The molecule has 0 saturated heterocycles. The van der Waals surface area contributed by atoms with Crippen molar-refractivity contribution in [3.63, 3.8) is 0 Å². The first-order chi connectivity index (χ1) is 15.5. The van der Waals surface area contributed by atoms with E-state index in [0.717, 1.165) is 12.8 Å². The Morgan fingerprint density at radius 3 is 2.88 bits per heavy atom. The number of hydrogen-bond acceptors (Lipinski definition) is 7. The first kappa shape index (κ1) is 20.3. The number of nitrogens with one attached hydrogen (secondary N) is 2. The normalized spacial score (nSPS) is 16.0. The molecular formula is C22H21N7O2S. The summed E-state index contributed by atoms with van der Waals surface area (Å²) < 4.78 is 1.59. The summed E-state index contributed by atoms with van der Waals surface area (Å²) in [5.41, 5.74) is 3.30. The number of carbonyl (C=O) groups excluding carboxylic acids is 2. The molecule has 0 radical (unpaired) electrons. The predicted octanol–water partition coefficient (Wildman–Crippen LogP) is 2.73. The first-order valence-electron chi connectivity index (χ1n) is 10.3. The molecule has 162 valence electrons. The van der Waals surface area contributed by atoms with Crippen molar-refractivity contribution in [2.75, 3.05) is 0 Å². The maximum absolute atomic E-state index is 12.8. The highest BCUT2D eigenvalue weighted by Gasteiger charge is 2.25. The lowest BCUT2D eigenvalue weighted by Gasteiger charge is -2.13. The Balaban J connectivity index is 1.27. The minimum atomic E-state index is -0.386. The Hall–Kier alpha value is -3.66. The van der Waals surface area contributed by atoms with Crippen LogP contribution in [-0.4, -0.2) is 36.5 Å². The zero-order valence-corrected chi connectivity index (χ0v) is 18.4. The van der Waals surface area contributed by atoms with Gasteiger partial charge in [0.2, 0.25) is 0 Å². The van der Waals surface area contributed by atoms with Gasteiger partial charge in [0.1, 0.15) is 21.9 Å². The predicted molar refractivity (Wildman–Crippen MR) is 119 cm³/mol. The molecule has 1 aliphatic rings. The van der Waals surface area contributed by atoms with Crippen LogP contribution in [0.4, 0.5) is 0 Å². The Morgan fingerprint density at radius 1 is 1.16 bits per heavy atom. The highest BCUT2D eigenvalue weighted by atomic mass is 32.1. The largest absolute Gasteiger partial charge is 0.344 e. The number of amides is 2. The third-order valence-corrected chi connectivity index (χ3v) is 6.83. The molecule has 2 atom stereocenters. The van der Waals surface area contributed by atoms with Gasteiger partial charge in [-0.15, -0.1) is 11.3 Å². The lowest BCUT2D eigenvalue weighted by molar-refractivity contribution is 0.0930. The second-order valence-electron chi connectivity index (χ2n) is 7.75. The fourth-order valence-corrected chi connectivity index (χ4v) is 4.82. The first-order valence-corrected chi connectivity index (χ1v) is 11.1. The fraction of sp³-hybridized carbons (Fsp3) is 0.273. The Bertz CT molecular complexity index is 1330. The van der Waals surface area contributed by atoms with E-state index in [1.807, 2.05) is 19.1 Å². The van der Waals surface area contributed by atoms with Gasteiger partial charge in [0.05, 0.1) is 29.9 Å². The summed E-state index contributed by atoms with van der Waals surface area (Å²) in [7, 11) is 1.76. The summed E-state index contributed by atoms with van der Waals surface area (Å²) in [5.74, 6) is -0.497. The molecule has 5 rings (SSSR count). The molecule has 1 aromatic carbocycles. The Labute approximate surface area is 187 Å². The SMILES string of the molecule is CC(NC(=O)c1ncnc2c1cnn2C)c1ncc(C(=O)NC2CCc3ccccc32)s1. The molecule has 2 unspecified atom stereocenters. The molecule has 2 amide bonds. The number of benzene rings is 1. The van der Waals surface area contributed by atoms with Crippen molar-refractivity contribution in [2.24, 2.45) is 7.05 Å². The number of hydrogen-bond donors (Lipinski definition) is 2. The number of thiazole rings is 1. The quantitative estimate of drug-likeness (QED) is 0.486. The monoisotopic (exact) mass is 447 g/mol. The minimum Gasteiger partial charge on any atom is -0.344 e. The van der Waals surface area contributed by atoms with E-state index in [1.54, 1.807) is 24.1 Å². The van der Waals surface area contributed by atoms with Gasteiger partial charge in [-0.2, -0.15) is 5.10 Å². The molecule has 3 heterocycles. The smallest absolute Gasteiger partial charge is 0.271 e. The van der Waals surface area contributed by atoms with Crippen molar-refractivity contribution >= 4 is 34.2 Å². The van der Waals surface area contributed by atoms with Crippen LogP contribution in [-0.2, 0) is 13.5 Å². The van der Waals surface area contributed by atoms with E-state index in [4.69, 9.17) is 0 Å². The Morgan fingerprint density at radius 2 is 2.00 bits per heavy atom. The van der Waals surface area contributed by atoms with Gasteiger partial charge in [0.15, 0.2) is 5.65 Å². The van der Waals surface area contributed by atoms with Gasteiger partial charge in [-0.1, -0.05) is 24.3 Å². The summed E-state index contributed by atoms with van der Waals surface area (Å²) in [6.07, 6.45) is 6.33. The van der Waals surface area contributed by atoms with Crippen molar-refractivity contribution in [1.29, 1.82) is 0 Å². The van der Waals surface area contributed by atoms with Crippen molar-refractivity contribution in [3.8, 4) is 0 Å². The molecule has 9 nitrogen and oxygen atoms in total. The molecule has 32 heavy (non-hydrogen) atoms. The van der Waals surface area contributed by atoms with Crippen LogP contribution in [0, 0.1) is 0 Å². The maximum Gasteiger partial charge on any atom is 0.271 e. The third-order valence-electron chi connectivity index (χ3n) is 5.65. The highest BCUT2D eigenvalue weighted by Crippen LogP contribution is 2.31. The van der Waals surface area contributed by atoms with Crippen molar-refractivity contribution < 1.29 is 9.59 Å². The van der Waals surface area contributed by atoms with E-state index in [1.165, 1.54) is 28.8 Å². The average molecular weight is 448 g/mol. The van der Waals surface area contributed by atoms with Crippen molar-refractivity contribution in [3.05, 3.63) is 69.7 Å². The average Bonchev–Trinajstić information content (AvgIpc) is 3.53. The second kappa shape index (κ2) is 8.12. The Kier molecular flexibility index (Phi) is 5.14. The summed E-state index contributed by atoms with van der Waals surface area (Å²) in [5, 5.41) is 11.4. The van der Waals surface area contributed by atoms with Gasteiger partial charge in [-0.25, -0.2) is 15.0 Å². The van der Waals surface area contributed by atoms with Crippen molar-refractivity contribution in [2.45, 2.75) is 31.8 Å². The van der Waals surface area contributed by atoms with Gasteiger partial charge >= 0.3 is 0 Å². The summed E-state index contributed by atoms with van der Waals surface area (Å²) >= 11 is 1.27. The molecule has 0 saturated carbocycles. The van der Waals surface area contributed by atoms with Crippen LogP contribution in [0.25, 0.3) is 11.0 Å². The van der Waals surface area contributed by atoms with Gasteiger partial charge in [0.25, 0.3) is 11.8 Å². The number of aromatic nitrogens is 5. The molecule has 1 aliphatic carbocycles. The summed E-state index contributed by atoms with van der Waals surface area (Å²) in [6.45, 7) is 1.83. The zero-order valence-electron chi connectivity index (χ0n) is 17.6. The maximum atomic E-state index is 12.8. The molecule has 0 fully saturated rings. The van der Waals surface area contributed by atoms with E-state index in [2.05, 4.69) is 42.8 Å². The van der Waals surface area contributed by atoms with Gasteiger partial charge in [0, 0.05) is 7.05 Å². The van der Waals surface area contributed by atoms with Crippen LogP contribution in [0.15, 0.2) is 43.0 Å². The van der Waals surface area contributed by atoms with Gasteiger partial charge in [-0.3, -0.25) is 14.3 Å². The van der Waals surface area contributed by atoms with E-state index >= 15 is 0 Å². The molecule has 4 aromatic rings. The van der Waals surface area contributed by atoms with E-state index < -0.39 is 0 Å². The van der Waals surface area contributed by atoms with E-state index in [0.29, 0.717) is 20.9 Å². The van der Waals surface area contributed by atoms with Crippen LogP contribution in [0.1, 0.15) is 61.7 Å². The highest BCUT2D eigenvalue weighted by molar-refractivity contribution is 7.13. The number of carbonyl (C=O) groups is 2. The van der Waals surface area contributed by atoms with Crippen LogP contribution >= 0.6 is 11.3 Å². The van der Waals surface area contributed by atoms with Gasteiger partial charge < -0.3 is 10.6 Å². The molecule has 0 bridgehead atoms. The summed E-state index contributed by atoms with van der Waals surface area (Å²) in [4.78, 5) is 38.7. The van der Waals surface area contributed by atoms with E-state index in [-0.39, 0.29) is 29.6 Å². The zero-order chi connectivity index (χ0) is 22.2. The molecule has 3 aromatic heterocycles. The third kappa shape index (κ3) is 3.62. The fourth-order valence-electron chi connectivity index (χ4n) is 4.00. The molecule has 0 aliphatic heterocycles. The number of fused-ring (bicyclic) bond motifs is 2.